The van der Waals surface area contributed by atoms with Gasteiger partial charge in [0.1, 0.15) is 11.6 Å². The van der Waals surface area contributed by atoms with Crippen LogP contribution >= 0.6 is 11.6 Å². The van der Waals surface area contributed by atoms with Crippen LogP contribution in [0.4, 0.5) is 24.7 Å². The predicted octanol–water partition coefficient (Wildman–Crippen LogP) is 4.97. The van der Waals surface area contributed by atoms with E-state index in [1.807, 2.05) is 13.8 Å². The Morgan fingerprint density at radius 3 is 2.67 bits per heavy atom. The van der Waals surface area contributed by atoms with E-state index < -0.39 is 23.5 Å². The van der Waals surface area contributed by atoms with E-state index in [1.165, 1.54) is 18.2 Å². The summed E-state index contributed by atoms with van der Waals surface area (Å²) in [6.07, 6.45) is -0.339. The van der Waals surface area contributed by atoms with Gasteiger partial charge in [-0.05, 0) is 36.6 Å². The number of rotatable bonds is 5. The molecule has 33 heavy (non-hydrogen) atoms. The number of carbonyl (C=O) groups excluding carboxylic acids is 1. The maximum atomic E-state index is 14.0. The molecule has 1 amide bonds. The molecular weight excluding hydrogens is 459 g/mol. The molecule has 2 heterocycles. The number of nitrogens with one attached hydrogen (secondary N) is 1. The lowest BCUT2D eigenvalue weighted by Crippen LogP contribution is -2.30. The number of nitrogens with two attached hydrogens (primary N) is 1. The summed E-state index contributed by atoms with van der Waals surface area (Å²) in [5.74, 6) is -4.37. The maximum absolute atomic E-state index is 14.0. The number of hydrogen-bond donors (Lipinski definition) is 3. The highest BCUT2D eigenvalue weighted by Gasteiger charge is 2.33. The Labute approximate surface area is 194 Å². The van der Waals surface area contributed by atoms with Gasteiger partial charge in [-0.2, -0.15) is 0 Å². The molecule has 1 saturated heterocycles. The van der Waals surface area contributed by atoms with E-state index in [1.54, 1.807) is 4.90 Å². The topological polar surface area (TPSA) is 104 Å². The number of amidine groups is 1. The minimum atomic E-state index is -2.77. The molecule has 0 atom stereocenters. The van der Waals surface area contributed by atoms with Gasteiger partial charge in [-0.15, -0.1) is 0 Å². The Kier molecular flexibility index (Phi) is 7.36. The van der Waals surface area contributed by atoms with E-state index in [4.69, 9.17) is 22.5 Å². The van der Waals surface area contributed by atoms with Crippen LogP contribution in [-0.2, 0) is 0 Å². The first-order chi connectivity index (χ1) is 15.5. The predicted molar refractivity (Wildman–Crippen MR) is 121 cm³/mol. The third-order valence-corrected chi connectivity index (χ3v) is 5.70. The van der Waals surface area contributed by atoms with Crippen LogP contribution in [0.5, 0.6) is 0 Å². The average Bonchev–Trinajstić information content (AvgIpc) is 2.94. The summed E-state index contributed by atoms with van der Waals surface area (Å²) >= 11 is 6.38. The van der Waals surface area contributed by atoms with Crippen LogP contribution in [0.1, 0.15) is 60.6 Å². The summed E-state index contributed by atoms with van der Waals surface area (Å²) in [5.41, 5.74) is 6.12. The van der Waals surface area contributed by atoms with Crippen molar-refractivity contribution in [1.82, 2.24) is 4.98 Å². The van der Waals surface area contributed by atoms with Gasteiger partial charge >= 0.3 is 0 Å². The lowest BCUT2D eigenvalue weighted by molar-refractivity contribution is -0.0102. The number of oxime groups is 1. The Hall–Kier alpha value is -3.01. The molecule has 4 N–H and O–H groups in total. The molecular formula is C22H25ClF3N5O2. The van der Waals surface area contributed by atoms with Crippen LogP contribution in [0.15, 0.2) is 29.4 Å². The number of anilines is 2. The zero-order valence-corrected chi connectivity index (χ0v) is 19.0. The minimum Gasteiger partial charge on any atom is -0.409 e. The zero-order chi connectivity index (χ0) is 24.3. The van der Waals surface area contributed by atoms with Crippen LogP contribution in [0.3, 0.4) is 0 Å². The maximum Gasteiger partial charge on any atom is 0.259 e. The lowest BCUT2D eigenvalue weighted by atomic mass is 10.1. The van der Waals surface area contributed by atoms with Crippen LogP contribution in [0, 0.1) is 5.82 Å². The largest absolute Gasteiger partial charge is 0.409 e. The highest BCUT2D eigenvalue weighted by Crippen LogP contribution is 2.34. The number of pyridine rings is 1. The van der Waals surface area contributed by atoms with E-state index in [2.05, 4.69) is 15.5 Å². The molecule has 1 aromatic carbocycles. The summed E-state index contributed by atoms with van der Waals surface area (Å²) in [7, 11) is 0. The van der Waals surface area contributed by atoms with Gasteiger partial charge in [0.2, 0.25) is 5.92 Å². The van der Waals surface area contributed by atoms with E-state index in [0.29, 0.717) is 12.2 Å². The van der Waals surface area contributed by atoms with E-state index in [9.17, 15) is 18.0 Å². The molecule has 0 saturated carbocycles. The molecule has 0 spiro atoms. The highest BCUT2D eigenvalue weighted by atomic mass is 35.5. The molecule has 1 aliphatic heterocycles. The number of hydrogen-bond acceptors (Lipinski definition) is 5. The van der Waals surface area contributed by atoms with Gasteiger partial charge in [0.25, 0.3) is 5.91 Å². The Balaban J connectivity index is 1.99. The Bertz CT molecular complexity index is 1080. The van der Waals surface area contributed by atoms with Crippen molar-refractivity contribution in [1.29, 1.82) is 0 Å². The van der Waals surface area contributed by atoms with Crippen molar-refractivity contribution in [2.75, 3.05) is 23.3 Å². The standard InChI is InChI=1S/C22H25ClF3N5O2/c1-12(2)18-16(23)11-15(20(29-18)31-8-3-6-22(25,26)7-9-31)21(32)28-13-4-5-17(24)14(10-13)19(27)30-33/h4-5,10-12,33H,3,6-9H2,1-2H3,(H2,27,30)(H,28,32). The molecule has 0 bridgehead atoms. The molecule has 1 aliphatic rings. The molecule has 11 heteroatoms. The number of benzene rings is 1. The van der Waals surface area contributed by atoms with E-state index >= 15 is 0 Å². The number of amides is 1. The van der Waals surface area contributed by atoms with Crippen LogP contribution in [0.25, 0.3) is 0 Å². The molecule has 2 aromatic rings. The van der Waals surface area contributed by atoms with Gasteiger partial charge in [-0.3, -0.25) is 4.79 Å². The van der Waals surface area contributed by atoms with E-state index in [-0.39, 0.29) is 59.4 Å². The SMILES string of the molecule is CC(C)c1nc(N2CCCC(F)(F)CC2)c(C(=O)Nc2ccc(F)c(C(N)=NO)c2)cc1Cl. The Morgan fingerprint density at radius 2 is 2.00 bits per heavy atom. The van der Waals surface area contributed by atoms with Crippen molar-refractivity contribution in [3.63, 3.8) is 0 Å². The first kappa shape index (κ1) is 24.6. The number of carbonyl (C=O) groups is 1. The summed E-state index contributed by atoms with van der Waals surface area (Å²) in [4.78, 5) is 19.4. The second kappa shape index (κ2) is 9.86. The van der Waals surface area contributed by atoms with Gasteiger partial charge in [-0.25, -0.2) is 18.2 Å². The second-order valence-corrected chi connectivity index (χ2v) is 8.62. The van der Waals surface area contributed by atoms with E-state index in [0.717, 1.165) is 6.07 Å². The Morgan fingerprint density at radius 1 is 1.27 bits per heavy atom. The van der Waals surface area contributed by atoms with Crippen molar-refractivity contribution in [3.05, 3.63) is 51.9 Å². The molecule has 1 fully saturated rings. The van der Waals surface area contributed by atoms with Gasteiger partial charge in [0, 0.05) is 31.6 Å². The number of alkyl halides is 2. The summed E-state index contributed by atoms with van der Waals surface area (Å²) in [6.45, 7) is 4.12. The smallest absolute Gasteiger partial charge is 0.259 e. The third kappa shape index (κ3) is 5.68. The fraction of sp³-hybridized carbons (Fsp3) is 0.409. The van der Waals surface area contributed by atoms with Gasteiger partial charge in [0.05, 0.1) is 21.8 Å². The minimum absolute atomic E-state index is 0.0314. The number of aromatic nitrogens is 1. The molecule has 3 rings (SSSR count). The summed E-state index contributed by atoms with van der Waals surface area (Å²) in [5, 5.41) is 14.5. The van der Waals surface area contributed by atoms with Crippen molar-refractivity contribution >= 4 is 34.8 Å². The first-order valence-corrected chi connectivity index (χ1v) is 10.8. The summed E-state index contributed by atoms with van der Waals surface area (Å²) < 4.78 is 41.8. The van der Waals surface area contributed by atoms with Crippen molar-refractivity contribution < 1.29 is 23.2 Å². The van der Waals surface area contributed by atoms with Gasteiger partial charge in [-0.1, -0.05) is 30.6 Å². The quantitative estimate of drug-likeness (QED) is 0.241. The van der Waals surface area contributed by atoms with Crippen molar-refractivity contribution in [2.24, 2.45) is 10.9 Å². The number of nitrogens with zero attached hydrogens (tertiary/aromatic N) is 3. The van der Waals surface area contributed by atoms with Gasteiger partial charge < -0.3 is 21.2 Å². The molecule has 1 aromatic heterocycles. The second-order valence-electron chi connectivity index (χ2n) is 8.21. The fourth-order valence-corrected chi connectivity index (χ4v) is 4.00. The molecule has 7 nitrogen and oxygen atoms in total. The van der Waals surface area contributed by atoms with Crippen LogP contribution < -0.4 is 16.0 Å². The van der Waals surface area contributed by atoms with Crippen LogP contribution in [-0.4, -0.2) is 40.9 Å². The number of halogens is 4. The molecule has 0 radical (unpaired) electrons. The van der Waals surface area contributed by atoms with Crippen LogP contribution in [0.2, 0.25) is 5.02 Å². The van der Waals surface area contributed by atoms with Crippen molar-refractivity contribution in [2.45, 2.75) is 45.0 Å². The zero-order valence-electron chi connectivity index (χ0n) is 18.2. The molecule has 0 unspecified atom stereocenters. The molecule has 178 valence electrons. The fourth-order valence-electron chi connectivity index (χ4n) is 3.63. The lowest BCUT2D eigenvalue weighted by Gasteiger charge is -2.25. The van der Waals surface area contributed by atoms with Gasteiger partial charge in [0.15, 0.2) is 5.84 Å². The highest BCUT2D eigenvalue weighted by molar-refractivity contribution is 6.32. The normalized spacial score (nSPS) is 16.6. The van der Waals surface area contributed by atoms with Crippen molar-refractivity contribution in [3.8, 4) is 0 Å². The monoisotopic (exact) mass is 483 g/mol. The summed E-state index contributed by atoms with van der Waals surface area (Å²) in [6, 6.07) is 5.05. The molecule has 0 aliphatic carbocycles. The third-order valence-electron chi connectivity index (χ3n) is 5.40. The average molecular weight is 484 g/mol. The first-order valence-electron chi connectivity index (χ1n) is 10.4.